The van der Waals surface area contributed by atoms with Crippen LogP contribution in [0.15, 0.2) is 5.38 Å². The molecule has 0 spiro atoms. The number of thiazole rings is 1. The van der Waals surface area contributed by atoms with Crippen molar-refractivity contribution in [1.29, 1.82) is 0 Å². The molecule has 0 saturated carbocycles. The molecule has 0 aromatic carbocycles. The van der Waals surface area contributed by atoms with Gasteiger partial charge in [-0.3, -0.25) is 4.79 Å². The van der Waals surface area contributed by atoms with Gasteiger partial charge in [-0.2, -0.15) is 0 Å². The second kappa shape index (κ2) is 5.88. The quantitative estimate of drug-likeness (QED) is 0.901. The van der Waals surface area contributed by atoms with Crippen molar-refractivity contribution in [2.75, 3.05) is 31.1 Å². The lowest BCUT2D eigenvalue weighted by molar-refractivity contribution is -0.135. The van der Waals surface area contributed by atoms with E-state index in [0.717, 1.165) is 37.0 Å². The molecule has 2 heterocycles. The highest BCUT2D eigenvalue weighted by Gasteiger charge is 2.27. The van der Waals surface area contributed by atoms with Crippen molar-refractivity contribution in [3.8, 4) is 0 Å². The van der Waals surface area contributed by atoms with E-state index in [9.17, 15) is 4.79 Å². The Morgan fingerprint density at radius 3 is 2.47 bits per heavy atom. The Morgan fingerprint density at radius 1 is 1.37 bits per heavy atom. The Bertz CT molecular complexity index is 438. The van der Waals surface area contributed by atoms with Crippen molar-refractivity contribution in [3.63, 3.8) is 0 Å². The van der Waals surface area contributed by atoms with Crippen molar-refractivity contribution in [2.45, 2.75) is 26.8 Å². The highest BCUT2D eigenvalue weighted by Crippen LogP contribution is 2.21. The molecule has 106 valence electrons. The monoisotopic (exact) mass is 282 g/mol. The molecule has 2 unspecified atom stereocenters. The van der Waals surface area contributed by atoms with Crippen molar-refractivity contribution < 1.29 is 4.79 Å². The van der Waals surface area contributed by atoms with E-state index in [2.05, 4.69) is 15.3 Å². The number of hydrogen-bond acceptors (Lipinski definition) is 5. The average molecular weight is 282 g/mol. The second-order valence-corrected chi connectivity index (χ2v) is 6.07. The third-order valence-electron chi connectivity index (χ3n) is 3.65. The summed E-state index contributed by atoms with van der Waals surface area (Å²) in [6, 6.07) is -0.0906. The predicted molar refractivity (Wildman–Crippen MR) is 78.5 cm³/mol. The van der Waals surface area contributed by atoms with E-state index in [4.69, 9.17) is 5.73 Å². The summed E-state index contributed by atoms with van der Waals surface area (Å²) in [7, 11) is 0. The summed E-state index contributed by atoms with van der Waals surface area (Å²) in [4.78, 5) is 20.9. The lowest BCUT2D eigenvalue weighted by Gasteiger charge is -2.36. The molecule has 1 amide bonds. The predicted octanol–water partition coefficient (Wildman–Crippen LogP) is 1.08. The zero-order chi connectivity index (χ0) is 14.0. The maximum atomic E-state index is 12.2. The summed E-state index contributed by atoms with van der Waals surface area (Å²) in [5, 5.41) is 3.12. The van der Waals surface area contributed by atoms with Gasteiger partial charge in [-0.05, 0) is 13.8 Å². The van der Waals surface area contributed by atoms with Crippen LogP contribution in [0.1, 0.15) is 19.5 Å². The minimum absolute atomic E-state index is 0.0906. The fraction of sp³-hybridized carbons (Fsp3) is 0.692. The smallest absolute Gasteiger partial charge is 0.227 e. The maximum Gasteiger partial charge on any atom is 0.227 e. The standard InChI is InChI=1S/C13H22N4OS/c1-9-8-19-13(15-9)17-6-4-16(5-7-17)12(18)10(2)11(3)14/h8,10-11H,4-7,14H2,1-3H3. The fourth-order valence-electron chi connectivity index (χ4n) is 2.12. The van der Waals surface area contributed by atoms with Crippen molar-refractivity contribution in [1.82, 2.24) is 9.88 Å². The van der Waals surface area contributed by atoms with Gasteiger partial charge < -0.3 is 15.5 Å². The molecule has 1 aromatic heterocycles. The average Bonchev–Trinajstić information content (AvgIpc) is 2.84. The molecular formula is C13H22N4OS. The molecule has 1 aliphatic heterocycles. The first-order valence-electron chi connectivity index (χ1n) is 6.70. The van der Waals surface area contributed by atoms with Crippen LogP contribution in [0.5, 0.6) is 0 Å². The van der Waals surface area contributed by atoms with Gasteiger partial charge in [-0.1, -0.05) is 6.92 Å². The molecule has 0 bridgehead atoms. The van der Waals surface area contributed by atoms with Gasteiger partial charge in [0.05, 0.1) is 11.6 Å². The van der Waals surface area contributed by atoms with Gasteiger partial charge in [0.25, 0.3) is 0 Å². The molecule has 6 heteroatoms. The number of rotatable bonds is 3. The number of aryl methyl sites for hydroxylation is 1. The Labute approximate surface area is 118 Å². The number of amides is 1. The number of nitrogens with zero attached hydrogens (tertiary/aromatic N) is 3. The number of hydrogen-bond donors (Lipinski definition) is 1. The summed E-state index contributed by atoms with van der Waals surface area (Å²) in [5.41, 5.74) is 6.86. The molecule has 0 radical (unpaired) electrons. The fourth-order valence-corrected chi connectivity index (χ4v) is 2.97. The van der Waals surface area contributed by atoms with E-state index in [1.165, 1.54) is 0 Å². The molecule has 19 heavy (non-hydrogen) atoms. The number of carbonyl (C=O) groups excluding carboxylic acids is 1. The molecule has 0 aliphatic carbocycles. The van der Waals surface area contributed by atoms with E-state index < -0.39 is 0 Å². The number of nitrogens with two attached hydrogens (primary N) is 1. The van der Waals surface area contributed by atoms with Gasteiger partial charge in [0.15, 0.2) is 5.13 Å². The number of aromatic nitrogens is 1. The summed E-state index contributed by atoms with van der Waals surface area (Å²) >= 11 is 1.67. The Morgan fingerprint density at radius 2 is 2.00 bits per heavy atom. The minimum Gasteiger partial charge on any atom is -0.345 e. The topological polar surface area (TPSA) is 62.5 Å². The summed E-state index contributed by atoms with van der Waals surface area (Å²) in [6.07, 6.45) is 0. The zero-order valence-corrected chi connectivity index (χ0v) is 12.6. The first-order valence-corrected chi connectivity index (χ1v) is 7.58. The van der Waals surface area contributed by atoms with E-state index in [1.807, 2.05) is 25.7 Å². The molecule has 1 aliphatic rings. The molecule has 2 rings (SSSR count). The normalized spacial score (nSPS) is 19.4. The zero-order valence-electron chi connectivity index (χ0n) is 11.8. The first-order chi connectivity index (χ1) is 8.99. The molecule has 5 nitrogen and oxygen atoms in total. The van der Waals surface area contributed by atoms with Gasteiger partial charge in [0.2, 0.25) is 5.91 Å². The van der Waals surface area contributed by atoms with Gasteiger partial charge in [0.1, 0.15) is 0 Å². The first kappa shape index (κ1) is 14.3. The van der Waals surface area contributed by atoms with E-state index in [0.29, 0.717) is 0 Å². The minimum atomic E-state index is -0.103. The highest BCUT2D eigenvalue weighted by molar-refractivity contribution is 7.13. The van der Waals surface area contributed by atoms with Crippen LogP contribution in [0.2, 0.25) is 0 Å². The van der Waals surface area contributed by atoms with Crippen LogP contribution in [-0.4, -0.2) is 48.0 Å². The van der Waals surface area contributed by atoms with E-state index in [1.54, 1.807) is 11.3 Å². The lowest BCUT2D eigenvalue weighted by atomic mass is 10.0. The third kappa shape index (κ3) is 3.25. The Balaban J connectivity index is 1.90. The Hall–Kier alpha value is -1.14. The van der Waals surface area contributed by atoms with Gasteiger partial charge >= 0.3 is 0 Å². The summed E-state index contributed by atoms with van der Waals surface area (Å²) < 4.78 is 0. The van der Waals surface area contributed by atoms with Crippen LogP contribution in [0.3, 0.4) is 0 Å². The third-order valence-corrected chi connectivity index (χ3v) is 4.67. The maximum absolute atomic E-state index is 12.2. The van der Waals surface area contributed by atoms with E-state index >= 15 is 0 Å². The molecule has 1 saturated heterocycles. The number of anilines is 1. The van der Waals surface area contributed by atoms with Gasteiger partial charge in [-0.25, -0.2) is 4.98 Å². The second-order valence-electron chi connectivity index (χ2n) is 5.23. The molecular weight excluding hydrogens is 260 g/mol. The van der Waals surface area contributed by atoms with Crippen molar-refractivity contribution >= 4 is 22.4 Å². The molecule has 1 fully saturated rings. The largest absolute Gasteiger partial charge is 0.345 e. The SMILES string of the molecule is Cc1csc(N2CCN(C(=O)C(C)C(C)N)CC2)n1. The summed E-state index contributed by atoms with van der Waals surface area (Å²) in [5.74, 6) is 0.0682. The van der Waals surface area contributed by atoms with Gasteiger partial charge in [0, 0.05) is 37.6 Å². The van der Waals surface area contributed by atoms with Crippen LogP contribution in [0.25, 0.3) is 0 Å². The lowest BCUT2D eigenvalue weighted by Crippen LogP contribution is -2.52. The van der Waals surface area contributed by atoms with Crippen LogP contribution >= 0.6 is 11.3 Å². The van der Waals surface area contributed by atoms with Crippen molar-refractivity contribution in [2.24, 2.45) is 11.7 Å². The van der Waals surface area contributed by atoms with Crippen LogP contribution in [0.4, 0.5) is 5.13 Å². The van der Waals surface area contributed by atoms with Crippen molar-refractivity contribution in [3.05, 3.63) is 11.1 Å². The number of piperazine rings is 1. The Kier molecular flexibility index (Phi) is 4.42. The summed E-state index contributed by atoms with van der Waals surface area (Å²) in [6.45, 7) is 9.02. The van der Waals surface area contributed by atoms with Crippen LogP contribution < -0.4 is 10.6 Å². The molecule has 1 aromatic rings. The highest BCUT2D eigenvalue weighted by atomic mass is 32.1. The van der Waals surface area contributed by atoms with Crippen LogP contribution in [-0.2, 0) is 4.79 Å². The van der Waals surface area contributed by atoms with Crippen LogP contribution in [0, 0.1) is 12.8 Å². The number of carbonyl (C=O) groups is 1. The van der Waals surface area contributed by atoms with Gasteiger partial charge in [-0.15, -0.1) is 11.3 Å². The molecule has 2 N–H and O–H groups in total. The van der Waals surface area contributed by atoms with E-state index in [-0.39, 0.29) is 17.9 Å². The molecule has 2 atom stereocenters.